The second kappa shape index (κ2) is 4.43. The number of benzene rings is 1. The molecule has 0 heterocycles. The lowest BCUT2D eigenvalue weighted by atomic mass is 9.98. The van der Waals surface area contributed by atoms with Crippen LogP contribution in [0.2, 0.25) is 0 Å². The summed E-state index contributed by atoms with van der Waals surface area (Å²) in [6.07, 6.45) is 0.223. The van der Waals surface area contributed by atoms with Crippen LogP contribution in [-0.2, 0) is 4.74 Å². The highest BCUT2D eigenvalue weighted by Gasteiger charge is 2.13. The van der Waals surface area contributed by atoms with Gasteiger partial charge >= 0.3 is 0 Å². The Hall–Kier alpha value is -0.820. The lowest BCUT2D eigenvalue weighted by Crippen LogP contribution is -2.08. The maximum Gasteiger partial charge on any atom is 0.0844 e. The van der Waals surface area contributed by atoms with Gasteiger partial charge in [-0.3, -0.25) is 0 Å². The summed E-state index contributed by atoms with van der Waals surface area (Å²) in [6.45, 7) is 6.45. The second-order valence-electron chi connectivity index (χ2n) is 3.81. The maximum absolute atomic E-state index is 5.44. The molecule has 0 N–H and O–H groups in total. The summed E-state index contributed by atoms with van der Waals surface area (Å²) in [5, 5.41) is 0. The van der Waals surface area contributed by atoms with Crippen molar-refractivity contribution in [2.45, 2.75) is 26.9 Å². The van der Waals surface area contributed by atoms with Gasteiger partial charge in [0.05, 0.1) is 6.10 Å². The lowest BCUT2D eigenvalue weighted by molar-refractivity contribution is 0.0646. The lowest BCUT2D eigenvalue weighted by Gasteiger charge is -2.19. The van der Waals surface area contributed by atoms with Crippen molar-refractivity contribution in [3.63, 3.8) is 0 Å². The third-order valence-electron chi connectivity index (χ3n) is 2.27. The molecular formula is C12H18O. The van der Waals surface area contributed by atoms with E-state index in [9.17, 15) is 0 Å². The van der Waals surface area contributed by atoms with Gasteiger partial charge in [0, 0.05) is 7.11 Å². The highest BCUT2D eigenvalue weighted by Crippen LogP contribution is 2.24. The fourth-order valence-corrected chi connectivity index (χ4v) is 1.55. The third-order valence-corrected chi connectivity index (χ3v) is 2.27. The summed E-state index contributed by atoms with van der Waals surface area (Å²) < 4.78 is 5.44. The number of aryl methyl sites for hydroxylation is 1. The molecule has 13 heavy (non-hydrogen) atoms. The minimum atomic E-state index is 0.223. The van der Waals surface area contributed by atoms with Gasteiger partial charge in [0.1, 0.15) is 0 Å². The van der Waals surface area contributed by atoms with Gasteiger partial charge < -0.3 is 4.74 Å². The van der Waals surface area contributed by atoms with Crippen LogP contribution in [0.3, 0.4) is 0 Å². The predicted molar refractivity (Wildman–Crippen MR) is 55.8 cm³/mol. The van der Waals surface area contributed by atoms with Crippen LogP contribution in [0.5, 0.6) is 0 Å². The first-order valence-electron chi connectivity index (χ1n) is 4.74. The Bertz CT molecular complexity index is 248. The van der Waals surface area contributed by atoms with Gasteiger partial charge in [0.2, 0.25) is 0 Å². The van der Waals surface area contributed by atoms with Crippen molar-refractivity contribution in [1.82, 2.24) is 0 Å². The SMILES string of the molecule is COC(c1ccc(C)cc1)C(C)C. The van der Waals surface area contributed by atoms with Crippen LogP contribution >= 0.6 is 0 Å². The van der Waals surface area contributed by atoms with Gasteiger partial charge in [-0.15, -0.1) is 0 Å². The maximum atomic E-state index is 5.44. The Kier molecular flexibility index (Phi) is 3.49. The zero-order chi connectivity index (χ0) is 9.84. The van der Waals surface area contributed by atoms with E-state index >= 15 is 0 Å². The standard InChI is InChI=1S/C12H18O/c1-9(2)12(13-4)11-7-5-10(3)6-8-11/h5-9,12H,1-4H3. The van der Waals surface area contributed by atoms with Crippen LogP contribution in [0, 0.1) is 12.8 Å². The molecule has 0 aliphatic carbocycles. The van der Waals surface area contributed by atoms with Crippen LogP contribution in [-0.4, -0.2) is 7.11 Å². The number of rotatable bonds is 3. The van der Waals surface area contributed by atoms with Gasteiger partial charge in [0.25, 0.3) is 0 Å². The fraction of sp³-hybridized carbons (Fsp3) is 0.500. The molecule has 0 bridgehead atoms. The third kappa shape index (κ3) is 2.56. The predicted octanol–water partition coefficient (Wildman–Crippen LogP) is 3.34. The molecule has 1 aromatic carbocycles. The van der Waals surface area contributed by atoms with E-state index in [1.807, 2.05) is 0 Å². The number of ether oxygens (including phenoxy) is 1. The van der Waals surface area contributed by atoms with Crippen molar-refractivity contribution in [2.24, 2.45) is 5.92 Å². The van der Waals surface area contributed by atoms with E-state index in [-0.39, 0.29) is 6.10 Å². The van der Waals surface area contributed by atoms with Crippen LogP contribution < -0.4 is 0 Å². The summed E-state index contributed by atoms with van der Waals surface area (Å²) in [4.78, 5) is 0. The average Bonchev–Trinajstić information content (AvgIpc) is 2.09. The van der Waals surface area contributed by atoms with Crippen molar-refractivity contribution >= 4 is 0 Å². The van der Waals surface area contributed by atoms with Gasteiger partial charge in [-0.1, -0.05) is 43.7 Å². The molecule has 72 valence electrons. The largest absolute Gasteiger partial charge is 0.376 e. The minimum Gasteiger partial charge on any atom is -0.376 e. The van der Waals surface area contributed by atoms with Crippen LogP contribution in [0.15, 0.2) is 24.3 Å². The minimum absolute atomic E-state index is 0.223. The van der Waals surface area contributed by atoms with Crippen LogP contribution in [0.1, 0.15) is 31.1 Å². The van der Waals surface area contributed by atoms with Crippen molar-refractivity contribution in [3.05, 3.63) is 35.4 Å². The first-order valence-corrected chi connectivity index (χ1v) is 4.74. The Morgan fingerprint density at radius 1 is 1.08 bits per heavy atom. The van der Waals surface area contributed by atoms with Gasteiger partial charge in [-0.2, -0.15) is 0 Å². The molecule has 1 aromatic rings. The average molecular weight is 178 g/mol. The molecule has 0 saturated carbocycles. The first-order chi connectivity index (χ1) is 6.15. The molecule has 1 unspecified atom stereocenters. The molecule has 1 atom stereocenters. The molecule has 0 aromatic heterocycles. The normalized spacial score (nSPS) is 13.3. The molecule has 0 aliphatic rings. The Labute approximate surface area is 80.7 Å². The highest BCUT2D eigenvalue weighted by molar-refractivity contribution is 5.23. The monoisotopic (exact) mass is 178 g/mol. The summed E-state index contributed by atoms with van der Waals surface area (Å²) >= 11 is 0. The van der Waals surface area contributed by atoms with E-state index in [0.717, 1.165) is 0 Å². The van der Waals surface area contributed by atoms with E-state index in [4.69, 9.17) is 4.74 Å². The van der Waals surface area contributed by atoms with Crippen LogP contribution in [0.25, 0.3) is 0 Å². The fourth-order valence-electron chi connectivity index (χ4n) is 1.55. The van der Waals surface area contributed by atoms with E-state index in [1.165, 1.54) is 11.1 Å². The van der Waals surface area contributed by atoms with Crippen molar-refractivity contribution in [2.75, 3.05) is 7.11 Å². The molecule has 1 nitrogen and oxygen atoms in total. The molecule has 1 rings (SSSR count). The van der Waals surface area contributed by atoms with Crippen LogP contribution in [0.4, 0.5) is 0 Å². The van der Waals surface area contributed by atoms with E-state index < -0.39 is 0 Å². The molecule has 0 fully saturated rings. The zero-order valence-electron chi connectivity index (χ0n) is 8.87. The Morgan fingerprint density at radius 2 is 1.62 bits per heavy atom. The molecule has 0 spiro atoms. The van der Waals surface area contributed by atoms with Crippen molar-refractivity contribution in [3.8, 4) is 0 Å². The van der Waals surface area contributed by atoms with Crippen molar-refractivity contribution < 1.29 is 4.74 Å². The number of methoxy groups -OCH3 is 1. The smallest absolute Gasteiger partial charge is 0.0844 e. The van der Waals surface area contributed by atoms with E-state index in [1.54, 1.807) is 7.11 Å². The Morgan fingerprint density at radius 3 is 2.00 bits per heavy atom. The summed E-state index contributed by atoms with van der Waals surface area (Å²) in [5.74, 6) is 0.521. The summed E-state index contributed by atoms with van der Waals surface area (Å²) in [5.41, 5.74) is 2.56. The zero-order valence-corrected chi connectivity index (χ0v) is 8.87. The van der Waals surface area contributed by atoms with Gasteiger partial charge in [-0.05, 0) is 18.4 Å². The highest BCUT2D eigenvalue weighted by atomic mass is 16.5. The number of hydrogen-bond acceptors (Lipinski definition) is 1. The van der Waals surface area contributed by atoms with Crippen molar-refractivity contribution in [1.29, 1.82) is 0 Å². The molecule has 0 radical (unpaired) electrons. The molecule has 1 heteroatoms. The molecule has 0 aliphatic heterocycles. The second-order valence-corrected chi connectivity index (χ2v) is 3.81. The molecular weight excluding hydrogens is 160 g/mol. The summed E-state index contributed by atoms with van der Waals surface area (Å²) in [7, 11) is 1.77. The number of hydrogen-bond donors (Lipinski definition) is 0. The summed E-state index contributed by atoms with van der Waals surface area (Å²) in [6, 6.07) is 8.54. The molecule has 0 saturated heterocycles. The van der Waals surface area contributed by atoms with Gasteiger partial charge in [-0.25, -0.2) is 0 Å². The first kappa shape index (κ1) is 10.3. The van der Waals surface area contributed by atoms with E-state index in [0.29, 0.717) is 5.92 Å². The Balaban J connectivity index is 2.86. The topological polar surface area (TPSA) is 9.23 Å². The quantitative estimate of drug-likeness (QED) is 0.689. The van der Waals surface area contributed by atoms with Gasteiger partial charge in [0.15, 0.2) is 0 Å². The van der Waals surface area contributed by atoms with E-state index in [2.05, 4.69) is 45.0 Å². The molecule has 0 amide bonds.